The number of carbonyl (C=O) groups is 3. The minimum atomic E-state index is -0.748. The molecule has 0 bridgehead atoms. The third-order valence-corrected chi connectivity index (χ3v) is 4.46. The number of aromatic nitrogens is 1. The molecule has 0 aliphatic carbocycles. The van der Waals surface area contributed by atoms with Crippen LogP contribution < -0.4 is 21.5 Å². The van der Waals surface area contributed by atoms with Crippen molar-refractivity contribution < 1.29 is 14.4 Å². The summed E-state index contributed by atoms with van der Waals surface area (Å²) in [6.45, 7) is 1.74. The van der Waals surface area contributed by atoms with Gasteiger partial charge in [-0.3, -0.25) is 24.5 Å². The Balaban J connectivity index is 1.69. The van der Waals surface area contributed by atoms with Crippen LogP contribution in [0.15, 0.2) is 23.1 Å². The van der Waals surface area contributed by atoms with E-state index in [2.05, 4.69) is 16.0 Å². The lowest BCUT2D eigenvalue weighted by molar-refractivity contribution is -0.134. The molecular formula is C16H20N4O4. The number of carbonyl (C=O) groups excluding carboxylic acids is 3. The number of rotatable bonds is 3. The highest BCUT2D eigenvalue weighted by Gasteiger charge is 2.28. The van der Waals surface area contributed by atoms with Crippen LogP contribution in [-0.4, -0.2) is 41.4 Å². The van der Waals surface area contributed by atoms with Gasteiger partial charge in [-0.05, 0) is 38.4 Å². The first kappa shape index (κ1) is 16.4. The number of amides is 3. The Labute approximate surface area is 138 Å². The van der Waals surface area contributed by atoms with E-state index in [9.17, 15) is 19.2 Å². The highest BCUT2D eigenvalue weighted by Crippen LogP contribution is 2.16. The Hall–Kier alpha value is -2.48. The summed E-state index contributed by atoms with van der Waals surface area (Å²) in [4.78, 5) is 47.3. The molecule has 3 amide bonds. The van der Waals surface area contributed by atoms with Crippen molar-refractivity contribution in [1.29, 1.82) is 0 Å². The zero-order valence-electron chi connectivity index (χ0n) is 13.2. The van der Waals surface area contributed by atoms with Gasteiger partial charge in [-0.1, -0.05) is 0 Å². The second kappa shape index (κ2) is 6.96. The lowest BCUT2D eigenvalue weighted by Crippen LogP contribution is -2.52. The first-order valence-electron chi connectivity index (χ1n) is 8.12. The lowest BCUT2D eigenvalue weighted by Gasteiger charge is -2.25. The molecule has 2 aliphatic rings. The summed E-state index contributed by atoms with van der Waals surface area (Å²) in [5, 5.41) is 8.00. The van der Waals surface area contributed by atoms with Crippen molar-refractivity contribution in [2.45, 2.75) is 37.8 Å². The van der Waals surface area contributed by atoms with Crippen LogP contribution in [0, 0.1) is 0 Å². The van der Waals surface area contributed by atoms with E-state index < -0.39 is 17.9 Å². The van der Waals surface area contributed by atoms with Gasteiger partial charge in [-0.25, -0.2) is 0 Å². The van der Waals surface area contributed by atoms with Crippen LogP contribution in [-0.2, 0) is 9.59 Å². The van der Waals surface area contributed by atoms with Gasteiger partial charge in [0.15, 0.2) is 0 Å². The largest absolute Gasteiger partial charge is 0.340 e. The highest BCUT2D eigenvalue weighted by molar-refractivity contribution is 6.03. The van der Waals surface area contributed by atoms with E-state index in [1.165, 1.54) is 6.07 Å². The molecule has 0 unspecified atom stereocenters. The fourth-order valence-electron chi connectivity index (χ4n) is 3.09. The van der Waals surface area contributed by atoms with E-state index in [0.29, 0.717) is 0 Å². The zero-order valence-corrected chi connectivity index (χ0v) is 13.2. The van der Waals surface area contributed by atoms with Crippen molar-refractivity contribution in [1.82, 2.24) is 20.5 Å². The molecule has 8 heteroatoms. The van der Waals surface area contributed by atoms with E-state index in [1.807, 2.05) is 0 Å². The highest BCUT2D eigenvalue weighted by atomic mass is 16.2. The van der Waals surface area contributed by atoms with E-state index in [0.717, 1.165) is 25.9 Å². The Morgan fingerprint density at radius 1 is 1.17 bits per heavy atom. The van der Waals surface area contributed by atoms with Crippen LogP contribution in [0.2, 0.25) is 0 Å². The number of hydrogen-bond donors (Lipinski definition) is 3. The van der Waals surface area contributed by atoms with Gasteiger partial charge in [0.25, 0.3) is 11.5 Å². The molecule has 0 saturated carbocycles. The predicted molar refractivity (Wildman–Crippen MR) is 85.5 cm³/mol. The summed E-state index contributed by atoms with van der Waals surface area (Å²) in [6, 6.07) is 2.28. The van der Waals surface area contributed by atoms with Crippen LogP contribution in [0.25, 0.3) is 0 Å². The smallest absolute Gasteiger partial charge is 0.252 e. The van der Waals surface area contributed by atoms with Crippen LogP contribution in [0.3, 0.4) is 0 Å². The van der Waals surface area contributed by atoms with Crippen molar-refractivity contribution in [3.8, 4) is 0 Å². The first-order valence-corrected chi connectivity index (χ1v) is 8.12. The SMILES string of the molecule is O=C1CC[C@H](NC(=O)c2ccn(C3CCNCC3)c(=O)c2)C(=O)N1. The molecule has 0 radical (unpaired) electrons. The summed E-state index contributed by atoms with van der Waals surface area (Å²) >= 11 is 0. The predicted octanol–water partition coefficient (Wildman–Crippen LogP) is -0.692. The maximum Gasteiger partial charge on any atom is 0.252 e. The van der Waals surface area contributed by atoms with Crippen LogP contribution in [0.1, 0.15) is 42.1 Å². The number of imide groups is 1. The van der Waals surface area contributed by atoms with E-state index in [1.54, 1.807) is 16.8 Å². The number of nitrogens with one attached hydrogen (secondary N) is 3. The number of hydrogen-bond acceptors (Lipinski definition) is 5. The van der Waals surface area contributed by atoms with Crippen molar-refractivity contribution in [3.63, 3.8) is 0 Å². The third-order valence-electron chi connectivity index (χ3n) is 4.46. The monoisotopic (exact) mass is 332 g/mol. The number of nitrogens with zero attached hydrogens (tertiary/aromatic N) is 1. The third kappa shape index (κ3) is 3.53. The van der Waals surface area contributed by atoms with Crippen molar-refractivity contribution >= 4 is 17.7 Å². The van der Waals surface area contributed by atoms with Crippen molar-refractivity contribution in [3.05, 3.63) is 34.2 Å². The average molecular weight is 332 g/mol. The van der Waals surface area contributed by atoms with Gasteiger partial charge in [-0.2, -0.15) is 0 Å². The number of piperidine rings is 2. The molecule has 0 spiro atoms. The second-order valence-corrected chi connectivity index (χ2v) is 6.12. The molecule has 1 aromatic rings. The summed E-state index contributed by atoms with van der Waals surface area (Å²) in [5.41, 5.74) is -0.00675. The summed E-state index contributed by atoms with van der Waals surface area (Å²) in [6.07, 6.45) is 3.84. The van der Waals surface area contributed by atoms with Gasteiger partial charge in [0.05, 0.1) is 0 Å². The zero-order chi connectivity index (χ0) is 17.1. The van der Waals surface area contributed by atoms with E-state index >= 15 is 0 Å². The molecule has 3 heterocycles. The van der Waals surface area contributed by atoms with Gasteiger partial charge in [0.2, 0.25) is 11.8 Å². The standard InChI is InChI=1S/C16H20N4O4/c21-13-2-1-12(16(24)19-13)18-15(23)10-5-8-20(14(22)9-10)11-3-6-17-7-4-11/h5,8-9,11-12,17H,1-4,6-7H2,(H,18,23)(H,19,21,24)/t12-/m0/s1. The molecular weight excluding hydrogens is 312 g/mol. The minimum Gasteiger partial charge on any atom is -0.340 e. The van der Waals surface area contributed by atoms with Gasteiger partial charge < -0.3 is 15.2 Å². The van der Waals surface area contributed by atoms with E-state index in [-0.39, 0.29) is 35.9 Å². The van der Waals surface area contributed by atoms with Crippen LogP contribution in [0.5, 0.6) is 0 Å². The molecule has 2 aliphatic heterocycles. The molecule has 24 heavy (non-hydrogen) atoms. The average Bonchev–Trinajstić information content (AvgIpc) is 2.58. The minimum absolute atomic E-state index is 0.144. The van der Waals surface area contributed by atoms with Gasteiger partial charge in [-0.15, -0.1) is 0 Å². The molecule has 1 aromatic heterocycles. The van der Waals surface area contributed by atoms with Crippen molar-refractivity contribution in [2.24, 2.45) is 0 Å². The molecule has 2 saturated heterocycles. The fourth-order valence-corrected chi connectivity index (χ4v) is 3.09. The Morgan fingerprint density at radius 3 is 2.58 bits per heavy atom. The normalized spacial score (nSPS) is 22.1. The van der Waals surface area contributed by atoms with Gasteiger partial charge in [0.1, 0.15) is 6.04 Å². The Morgan fingerprint density at radius 2 is 1.92 bits per heavy atom. The Kier molecular flexibility index (Phi) is 4.75. The van der Waals surface area contributed by atoms with Crippen LogP contribution in [0.4, 0.5) is 0 Å². The first-order chi connectivity index (χ1) is 11.5. The summed E-state index contributed by atoms with van der Waals surface area (Å²) < 4.78 is 1.66. The molecule has 0 aromatic carbocycles. The molecule has 128 valence electrons. The van der Waals surface area contributed by atoms with Crippen LogP contribution >= 0.6 is 0 Å². The van der Waals surface area contributed by atoms with Gasteiger partial charge in [0, 0.05) is 30.3 Å². The molecule has 1 atom stereocenters. The molecule has 8 nitrogen and oxygen atoms in total. The van der Waals surface area contributed by atoms with Crippen molar-refractivity contribution in [2.75, 3.05) is 13.1 Å². The number of pyridine rings is 1. The van der Waals surface area contributed by atoms with Gasteiger partial charge >= 0.3 is 0 Å². The Bertz CT molecular complexity index is 721. The quantitative estimate of drug-likeness (QED) is 0.635. The molecule has 2 fully saturated rings. The van der Waals surface area contributed by atoms with E-state index in [4.69, 9.17) is 0 Å². The maximum absolute atomic E-state index is 12.3. The topological polar surface area (TPSA) is 109 Å². The molecule has 3 rings (SSSR count). The lowest BCUT2D eigenvalue weighted by atomic mass is 10.1. The fraction of sp³-hybridized carbons (Fsp3) is 0.500. The maximum atomic E-state index is 12.3. The summed E-state index contributed by atoms with van der Waals surface area (Å²) in [7, 11) is 0. The second-order valence-electron chi connectivity index (χ2n) is 6.12. The summed E-state index contributed by atoms with van der Waals surface area (Å²) in [5.74, 6) is -1.34. The molecule has 3 N–H and O–H groups in total.